The molecule has 0 bridgehead atoms. The Balaban J connectivity index is 1.45. The number of carbonyl (C=O) groups excluding carboxylic acids is 1. The van der Waals surface area contributed by atoms with Gasteiger partial charge >= 0.3 is 6.03 Å². The van der Waals surface area contributed by atoms with Crippen molar-refractivity contribution in [2.45, 2.75) is 12.3 Å². The number of ether oxygens (including phenoxy) is 2. The van der Waals surface area contributed by atoms with E-state index in [0.29, 0.717) is 58.2 Å². The van der Waals surface area contributed by atoms with Gasteiger partial charge in [0.05, 0.1) is 26.0 Å². The maximum atomic E-state index is 12.8. The molecule has 4 N–H and O–H groups in total. The molecule has 1 aromatic carbocycles. The lowest BCUT2D eigenvalue weighted by atomic mass is 10.1. The third-order valence-corrected chi connectivity index (χ3v) is 5.60. The second-order valence-corrected chi connectivity index (χ2v) is 7.43. The number of aromatic hydroxyl groups is 1. The van der Waals surface area contributed by atoms with Crippen LogP contribution in [0, 0.1) is 0 Å². The molecule has 10 nitrogen and oxygen atoms in total. The van der Waals surface area contributed by atoms with Crippen molar-refractivity contribution in [1.29, 1.82) is 0 Å². The van der Waals surface area contributed by atoms with Gasteiger partial charge in [-0.05, 0) is 12.5 Å². The molecule has 3 heterocycles. The molecule has 158 valence electrons. The van der Waals surface area contributed by atoms with Crippen LogP contribution in [-0.4, -0.2) is 97.6 Å². The molecule has 10 heteroatoms. The highest BCUT2D eigenvalue weighted by Gasteiger charge is 2.37. The van der Waals surface area contributed by atoms with Crippen LogP contribution in [-0.2, 0) is 4.74 Å². The number of benzene rings is 1. The van der Waals surface area contributed by atoms with Crippen molar-refractivity contribution in [3.05, 3.63) is 17.7 Å². The zero-order valence-corrected chi connectivity index (χ0v) is 16.6. The molecule has 2 amide bonds. The number of rotatable bonds is 2. The largest absolute Gasteiger partial charge is 0.504 e. The molecular weight excluding hydrogens is 376 g/mol. The number of carbonyl (C=O) groups is 1. The van der Waals surface area contributed by atoms with Gasteiger partial charge in [-0.25, -0.2) is 14.7 Å². The van der Waals surface area contributed by atoms with Crippen LogP contribution in [0.25, 0.3) is 0 Å². The third kappa shape index (κ3) is 3.96. The van der Waals surface area contributed by atoms with Gasteiger partial charge in [-0.2, -0.15) is 0 Å². The molecule has 4 rings (SSSR count). The maximum absolute atomic E-state index is 12.8. The lowest BCUT2D eigenvalue weighted by molar-refractivity contribution is 0.0432. The maximum Gasteiger partial charge on any atom is 0.320 e. The smallest absolute Gasteiger partial charge is 0.320 e. The number of hydrogen-bond acceptors (Lipinski definition) is 8. The lowest BCUT2D eigenvalue weighted by Crippen LogP contribution is -2.62. The van der Waals surface area contributed by atoms with Gasteiger partial charge in [0.1, 0.15) is 0 Å². The molecule has 3 aliphatic rings. The van der Waals surface area contributed by atoms with E-state index in [4.69, 9.17) is 15.2 Å². The predicted molar refractivity (Wildman–Crippen MR) is 108 cm³/mol. The Kier molecular flexibility index (Phi) is 5.48. The summed E-state index contributed by atoms with van der Waals surface area (Å²) in [6.45, 7) is 5.03. The Bertz CT molecular complexity index is 797. The van der Waals surface area contributed by atoms with Gasteiger partial charge in [0.2, 0.25) is 5.91 Å². The Hall–Kier alpha value is -2.56. The van der Waals surface area contributed by atoms with Crippen LogP contribution in [0.2, 0.25) is 0 Å². The lowest BCUT2D eigenvalue weighted by Gasteiger charge is -2.40. The van der Waals surface area contributed by atoms with Crippen molar-refractivity contribution >= 4 is 17.9 Å². The van der Waals surface area contributed by atoms with E-state index in [1.807, 2.05) is 14.7 Å². The highest BCUT2D eigenvalue weighted by Crippen LogP contribution is 2.35. The van der Waals surface area contributed by atoms with Gasteiger partial charge in [-0.15, -0.1) is 0 Å². The number of phenols is 1. The van der Waals surface area contributed by atoms with Gasteiger partial charge < -0.3 is 29.7 Å². The molecular formula is C19H28N6O4. The minimum Gasteiger partial charge on any atom is -0.504 e. The van der Waals surface area contributed by atoms with E-state index in [1.54, 1.807) is 18.3 Å². The van der Waals surface area contributed by atoms with E-state index in [1.165, 1.54) is 7.11 Å². The molecule has 1 aromatic rings. The summed E-state index contributed by atoms with van der Waals surface area (Å²) in [4.78, 5) is 23.1. The highest BCUT2D eigenvalue weighted by molar-refractivity contribution is 5.91. The number of hydrogen-bond donors (Lipinski definition) is 3. The monoisotopic (exact) mass is 404 g/mol. The summed E-state index contributed by atoms with van der Waals surface area (Å²) in [5.74, 6) is -0.699. The predicted octanol–water partition coefficient (Wildman–Crippen LogP) is 0.275. The van der Waals surface area contributed by atoms with Crippen LogP contribution in [0.4, 0.5) is 10.5 Å². The second-order valence-electron chi connectivity index (χ2n) is 7.43. The molecule has 1 atom stereocenters. The van der Waals surface area contributed by atoms with Gasteiger partial charge in [0.25, 0.3) is 0 Å². The van der Waals surface area contributed by atoms with Gasteiger partial charge in [-0.1, -0.05) is 0 Å². The molecule has 29 heavy (non-hydrogen) atoms. The number of fused-ring (bicyclic) bond motifs is 1. The SMILES string of the molecule is COc1cc2c(cc1O)C=NC(N)(N1CCCN(C(=O)N3CCOCC3)CC1)N2. The second kappa shape index (κ2) is 8.05. The highest BCUT2D eigenvalue weighted by atomic mass is 16.5. The summed E-state index contributed by atoms with van der Waals surface area (Å²) < 4.78 is 10.5. The molecule has 0 aromatic heterocycles. The van der Waals surface area contributed by atoms with Crippen LogP contribution in [0.1, 0.15) is 12.0 Å². The van der Waals surface area contributed by atoms with E-state index in [9.17, 15) is 9.90 Å². The Morgan fingerprint density at radius 1 is 1.21 bits per heavy atom. The summed E-state index contributed by atoms with van der Waals surface area (Å²) >= 11 is 0. The number of aliphatic imine (C=N–C) groups is 1. The minimum atomic E-state index is -1.12. The normalized spacial score (nSPS) is 25.2. The number of anilines is 1. The number of nitrogens with zero attached hydrogens (tertiary/aromatic N) is 4. The number of amides is 2. The summed E-state index contributed by atoms with van der Waals surface area (Å²) in [5, 5.41) is 13.2. The Morgan fingerprint density at radius 3 is 2.72 bits per heavy atom. The zero-order valence-electron chi connectivity index (χ0n) is 16.6. The van der Waals surface area contributed by atoms with Crippen molar-refractivity contribution in [3.8, 4) is 11.5 Å². The standard InChI is InChI=1S/C19H28N6O4/c1-28-17-12-15-14(11-16(17)26)13-21-19(20,22-15)25-4-2-3-23(5-6-25)18(27)24-7-9-29-10-8-24/h11-13,22,26H,2-10,20H2,1H3. The first-order valence-electron chi connectivity index (χ1n) is 9.90. The van der Waals surface area contributed by atoms with E-state index in [-0.39, 0.29) is 11.8 Å². The van der Waals surface area contributed by atoms with Crippen molar-refractivity contribution in [1.82, 2.24) is 14.7 Å². The molecule has 2 saturated heterocycles. The van der Waals surface area contributed by atoms with Crippen LogP contribution in [0.5, 0.6) is 11.5 Å². The average Bonchev–Trinajstić information content (AvgIpc) is 3.00. The fourth-order valence-electron chi connectivity index (χ4n) is 3.93. The van der Waals surface area contributed by atoms with Gasteiger partial charge in [0, 0.05) is 57.1 Å². The van der Waals surface area contributed by atoms with Crippen LogP contribution < -0.4 is 15.8 Å². The van der Waals surface area contributed by atoms with E-state index in [2.05, 4.69) is 10.3 Å². The van der Waals surface area contributed by atoms with Crippen LogP contribution >= 0.6 is 0 Å². The van der Waals surface area contributed by atoms with E-state index >= 15 is 0 Å². The van der Waals surface area contributed by atoms with Crippen molar-refractivity contribution < 1.29 is 19.4 Å². The average molecular weight is 404 g/mol. The van der Waals surface area contributed by atoms with Gasteiger partial charge in [0.15, 0.2) is 11.5 Å². The summed E-state index contributed by atoms with van der Waals surface area (Å²) in [6.07, 6.45) is 2.46. The quantitative estimate of drug-likeness (QED) is 0.606. The third-order valence-electron chi connectivity index (χ3n) is 5.60. The summed E-state index contributed by atoms with van der Waals surface area (Å²) in [6, 6.07) is 3.37. The number of nitrogens with two attached hydrogens (primary N) is 1. The zero-order chi connectivity index (χ0) is 20.4. The molecule has 1 unspecified atom stereocenters. The van der Waals surface area contributed by atoms with E-state index in [0.717, 1.165) is 17.7 Å². The number of morpholine rings is 1. The van der Waals surface area contributed by atoms with Crippen molar-refractivity contribution in [2.24, 2.45) is 10.7 Å². The van der Waals surface area contributed by atoms with Crippen molar-refractivity contribution in [2.75, 3.05) is 64.9 Å². The molecule has 0 radical (unpaired) electrons. The number of phenolic OH excluding ortho intramolecular Hbond substituents is 1. The molecule has 0 spiro atoms. The number of methoxy groups -OCH3 is 1. The Morgan fingerprint density at radius 2 is 1.97 bits per heavy atom. The summed E-state index contributed by atoms with van der Waals surface area (Å²) in [7, 11) is 1.50. The number of urea groups is 1. The van der Waals surface area contributed by atoms with Crippen LogP contribution in [0.3, 0.4) is 0 Å². The van der Waals surface area contributed by atoms with Gasteiger partial charge in [-0.3, -0.25) is 5.73 Å². The molecule has 3 aliphatic heterocycles. The fraction of sp³-hybridized carbons (Fsp3) is 0.579. The Labute approximate surface area is 169 Å². The molecule has 0 saturated carbocycles. The first kappa shape index (κ1) is 19.7. The molecule has 2 fully saturated rings. The molecule has 0 aliphatic carbocycles. The van der Waals surface area contributed by atoms with Crippen LogP contribution in [0.15, 0.2) is 17.1 Å². The minimum absolute atomic E-state index is 0.0519. The fourth-order valence-corrected chi connectivity index (χ4v) is 3.93. The first-order valence-corrected chi connectivity index (χ1v) is 9.90. The van der Waals surface area contributed by atoms with Crippen molar-refractivity contribution in [3.63, 3.8) is 0 Å². The topological polar surface area (TPSA) is 116 Å². The first-order chi connectivity index (χ1) is 14.0. The summed E-state index contributed by atoms with van der Waals surface area (Å²) in [5.41, 5.74) is 8.07. The van der Waals surface area contributed by atoms with E-state index < -0.39 is 5.91 Å². The number of nitrogens with one attached hydrogen (secondary N) is 1.